The third kappa shape index (κ3) is 12.2. The molecule has 0 radical (unpaired) electrons. The first-order valence-corrected chi connectivity index (χ1v) is 20.1. The van der Waals surface area contributed by atoms with Crippen molar-refractivity contribution >= 4 is 11.9 Å². The van der Waals surface area contributed by atoms with E-state index >= 15 is 0 Å². The van der Waals surface area contributed by atoms with Crippen molar-refractivity contribution in [2.45, 2.75) is 136 Å². The zero-order chi connectivity index (χ0) is 36.8. The lowest BCUT2D eigenvalue weighted by Crippen LogP contribution is -2.25. The molecule has 0 aliphatic heterocycles. The molecular weight excluding hydrogens is 633 g/mol. The Morgan fingerprint density at radius 3 is 2.20 bits per heavy atom. The number of ether oxygens (including phenoxy) is 2. The first-order valence-electron chi connectivity index (χ1n) is 20.1. The smallest absolute Gasteiger partial charge is 0.335 e. The van der Waals surface area contributed by atoms with Gasteiger partial charge in [0.25, 0.3) is 0 Å². The Morgan fingerprint density at radius 1 is 0.863 bits per heavy atom. The van der Waals surface area contributed by atoms with Gasteiger partial charge in [0.15, 0.2) is 0 Å². The molecule has 1 N–H and O–H groups in total. The highest BCUT2D eigenvalue weighted by molar-refractivity contribution is 5.88. The van der Waals surface area contributed by atoms with Crippen LogP contribution in [0.5, 0.6) is 0 Å². The summed E-state index contributed by atoms with van der Waals surface area (Å²) in [5.41, 5.74) is 8.46. The number of hydrogen-bond acceptors (Lipinski definition) is 5. The summed E-state index contributed by atoms with van der Waals surface area (Å²) in [5, 5.41) is 9.11. The van der Waals surface area contributed by atoms with Crippen molar-refractivity contribution in [2.24, 2.45) is 23.7 Å². The molecule has 4 rings (SSSR count). The number of aliphatic hydroxyl groups is 1. The molecule has 1 atom stereocenters. The van der Waals surface area contributed by atoms with Crippen LogP contribution < -0.4 is 0 Å². The molecule has 51 heavy (non-hydrogen) atoms. The molecule has 0 amide bonds. The normalized spacial score (nSPS) is 21.1. The second-order valence-corrected chi connectivity index (χ2v) is 15.8. The number of rotatable bonds is 19. The maximum Gasteiger partial charge on any atom is 0.335 e. The van der Waals surface area contributed by atoms with Gasteiger partial charge < -0.3 is 14.6 Å². The summed E-state index contributed by atoms with van der Waals surface area (Å²) in [6.45, 7) is 15.8. The Bertz CT molecular complexity index is 1440. The highest BCUT2D eigenvalue weighted by Gasteiger charge is 2.31. The summed E-state index contributed by atoms with van der Waals surface area (Å²) in [7, 11) is 0. The van der Waals surface area contributed by atoms with E-state index in [0.29, 0.717) is 24.3 Å². The molecule has 2 aliphatic carbocycles. The fourth-order valence-corrected chi connectivity index (χ4v) is 8.78. The second kappa shape index (κ2) is 20.8. The van der Waals surface area contributed by atoms with Crippen LogP contribution in [0.3, 0.4) is 0 Å². The van der Waals surface area contributed by atoms with E-state index in [1.165, 1.54) is 105 Å². The monoisotopic (exact) mass is 698 g/mol. The van der Waals surface area contributed by atoms with Gasteiger partial charge in [0.2, 0.25) is 0 Å². The molecule has 0 saturated heterocycles. The number of carbonyl (C=O) groups is 2. The number of esters is 2. The van der Waals surface area contributed by atoms with Gasteiger partial charge in [0, 0.05) is 5.57 Å². The number of benzene rings is 2. The number of aryl methyl sites for hydroxylation is 2. The molecule has 0 aromatic heterocycles. The van der Waals surface area contributed by atoms with Crippen LogP contribution in [-0.2, 0) is 31.9 Å². The van der Waals surface area contributed by atoms with Gasteiger partial charge in [-0.05, 0) is 141 Å². The maximum atomic E-state index is 12.2. The molecule has 0 heterocycles. The Hall–Kier alpha value is -3.18. The van der Waals surface area contributed by atoms with Gasteiger partial charge in [-0.25, -0.2) is 9.59 Å². The number of aliphatic hydroxyl groups excluding tert-OH is 1. The third-order valence-electron chi connectivity index (χ3n) is 11.9. The lowest BCUT2D eigenvalue weighted by Gasteiger charge is -2.38. The summed E-state index contributed by atoms with van der Waals surface area (Å²) < 4.78 is 10.8. The minimum absolute atomic E-state index is 0.0434. The molecule has 2 aromatic carbocycles. The van der Waals surface area contributed by atoms with E-state index in [0.717, 1.165) is 30.6 Å². The largest absolute Gasteiger partial charge is 0.462 e. The zero-order valence-electron chi connectivity index (χ0n) is 32.3. The van der Waals surface area contributed by atoms with Crippen LogP contribution in [0.1, 0.15) is 139 Å². The number of unbranched alkanes of at least 4 members (excludes halogenated alkanes) is 2. The van der Waals surface area contributed by atoms with E-state index in [2.05, 4.69) is 70.3 Å². The van der Waals surface area contributed by atoms with Crippen LogP contribution in [0.2, 0.25) is 0 Å². The number of hydrogen-bond donors (Lipinski definition) is 1. The SMILES string of the molecule is C=C(C)C(=O)OCC(CCCOC(=O)C(=C)CO)Cc1ccc(-c2ccc(C3CCC(C4CCC(CCCCC)CC4)CC3)c(C)c2)c(CC)c1. The van der Waals surface area contributed by atoms with Crippen molar-refractivity contribution in [3.05, 3.63) is 83.0 Å². The summed E-state index contributed by atoms with van der Waals surface area (Å²) in [6.07, 6.45) is 20.0. The predicted octanol–water partition coefficient (Wildman–Crippen LogP) is 11.0. The zero-order valence-corrected chi connectivity index (χ0v) is 32.3. The molecule has 0 bridgehead atoms. The van der Waals surface area contributed by atoms with E-state index in [9.17, 15) is 9.59 Å². The van der Waals surface area contributed by atoms with Crippen molar-refractivity contribution in [2.75, 3.05) is 19.8 Å². The minimum Gasteiger partial charge on any atom is -0.462 e. The third-order valence-corrected chi connectivity index (χ3v) is 11.9. The summed E-state index contributed by atoms with van der Waals surface area (Å²) in [6, 6.07) is 13.9. The van der Waals surface area contributed by atoms with E-state index in [1.807, 2.05) is 0 Å². The highest BCUT2D eigenvalue weighted by Crippen LogP contribution is 2.45. The molecule has 2 aliphatic rings. The van der Waals surface area contributed by atoms with Gasteiger partial charge in [-0.3, -0.25) is 0 Å². The lowest BCUT2D eigenvalue weighted by atomic mass is 9.67. The Kier molecular flexibility index (Phi) is 16.5. The molecule has 5 heteroatoms. The fraction of sp³-hybridized carbons (Fsp3) is 0.609. The second-order valence-electron chi connectivity index (χ2n) is 15.8. The molecule has 280 valence electrons. The lowest BCUT2D eigenvalue weighted by molar-refractivity contribution is -0.140. The van der Waals surface area contributed by atoms with E-state index in [4.69, 9.17) is 14.6 Å². The quantitative estimate of drug-likeness (QED) is 0.0898. The maximum absolute atomic E-state index is 12.2. The Balaban J connectivity index is 1.35. The molecular formula is C46H66O5. The van der Waals surface area contributed by atoms with Crippen molar-refractivity contribution in [1.82, 2.24) is 0 Å². The van der Waals surface area contributed by atoms with Crippen LogP contribution in [-0.4, -0.2) is 36.9 Å². The topological polar surface area (TPSA) is 72.8 Å². The van der Waals surface area contributed by atoms with Crippen molar-refractivity contribution in [3.8, 4) is 11.1 Å². The first kappa shape index (κ1) is 40.6. The highest BCUT2D eigenvalue weighted by atomic mass is 16.5. The average molecular weight is 699 g/mol. The van der Waals surface area contributed by atoms with Gasteiger partial charge >= 0.3 is 11.9 Å². The average Bonchev–Trinajstić information content (AvgIpc) is 3.15. The molecule has 2 aromatic rings. The Labute approximate surface area is 309 Å². The minimum atomic E-state index is -0.581. The fourth-order valence-electron chi connectivity index (χ4n) is 8.78. The van der Waals surface area contributed by atoms with Gasteiger partial charge in [0.1, 0.15) is 0 Å². The summed E-state index contributed by atoms with van der Waals surface area (Å²) >= 11 is 0. The summed E-state index contributed by atoms with van der Waals surface area (Å²) in [4.78, 5) is 24.1. The van der Waals surface area contributed by atoms with Crippen molar-refractivity contribution < 1.29 is 24.2 Å². The van der Waals surface area contributed by atoms with Gasteiger partial charge in [-0.1, -0.05) is 102 Å². The van der Waals surface area contributed by atoms with E-state index in [-0.39, 0.29) is 24.7 Å². The number of carbonyl (C=O) groups excluding carboxylic acids is 2. The molecule has 0 spiro atoms. The van der Waals surface area contributed by atoms with Crippen LogP contribution in [0.4, 0.5) is 0 Å². The standard InChI is InChI=1S/C46H66O5/c1-7-9-10-12-35-14-17-39(18-15-35)40-19-21-41(22-20-40)43-25-23-42(27-33(43)5)44-24-16-36(29-38(44)8-2)28-37(31-51-45(48)32(3)4)13-11-26-50-46(49)34(6)30-47/h16,23-25,27,29,35,37,39-41,47H,3,6-15,17-22,26,28,30-31H2,1-2,4-5H3. The van der Waals surface area contributed by atoms with Crippen molar-refractivity contribution in [1.29, 1.82) is 0 Å². The van der Waals surface area contributed by atoms with E-state index in [1.54, 1.807) is 12.5 Å². The van der Waals surface area contributed by atoms with Crippen LogP contribution in [0, 0.1) is 30.6 Å². The van der Waals surface area contributed by atoms with Crippen LogP contribution in [0.25, 0.3) is 11.1 Å². The molecule has 2 fully saturated rings. The van der Waals surface area contributed by atoms with Gasteiger partial charge in [-0.15, -0.1) is 0 Å². The van der Waals surface area contributed by atoms with E-state index < -0.39 is 18.5 Å². The van der Waals surface area contributed by atoms with Crippen molar-refractivity contribution in [3.63, 3.8) is 0 Å². The molecule has 2 saturated carbocycles. The first-order chi connectivity index (χ1) is 24.6. The van der Waals surface area contributed by atoms with Gasteiger partial charge in [-0.2, -0.15) is 0 Å². The molecule has 5 nitrogen and oxygen atoms in total. The predicted molar refractivity (Wildman–Crippen MR) is 210 cm³/mol. The van der Waals surface area contributed by atoms with Crippen LogP contribution in [0.15, 0.2) is 60.7 Å². The molecule has 1 unspecified atom stereocenters. The van der Waals surface area contributed by atoms with Gasteiger partial charge in [0.05, 0.1) is 25.4 Å². The van der Waals surface area contributed by atoms with Crippen LogP contribution >= 0.6 is 0 Å². The Morgan fingerprint density at radius 2 is 1.57 bits per heavy atom. The summed E-state index contributed by atoms with van der Waals surface area (Å²) in [5.74, 6) is 2.68.